The molecule has 1 unspecified atom stereocenters. The van der Waals surface area contributed by atoms with Crippen molar-refractivity contribution in [3.63, 3.8) is 0 Å². The van der Waals surface area contributed by atoms with E-state index in [1.165, 1.54) is 0 Å². The van der Waals surface area contributed by atoms with Gasteiger partial charge in [-0.25, -0.2) is 0 Å². The molecule has 1 fully saturated rings. The van der Waals surface area contributed by atoms with Crippen molar-refractivity contribution in [1.29, 1.82) is 0 Å². The molecule has 138 valence electrons. The lowest BCUT2D eigenvalue weighted by molar-refractivity contribution is -0.136. The standard InChI is InChI=1S/C21H26N2O3/c1-16(23-20(24)21(15-22)11-13-25-14-12-21)17-7-9-19(10-8-17)26-18-5-3-2-4-6-18/h2-10,16H,11-15,22H2,1H3,(H,23,24). The van der Waals surface area contributed by atoms with Crippen LogP contribution in [0, 0.1) is 5.41 Å². The van der Waals surface area contributed by atoms with Crippen LogP contribution in [0.15, 0.2) is 54.6 Å². The van der Waals surface area contributed by atoms with Crippen LogP contribution in [-0.4, -0.2) is 25.7 Å². The third-order valence-electron chi connectivity index (χ3n) is 5.03. The first-order chi connectivity index (χ1) is 12.6. The Morgan fingerprint density at radius 1 is 1.12 bits per heavy atom. The lowest BCUT2D eigenvalue weighted by Crippen LogP contribution is -2.49. The predicted molar refractivity (Wildman–Crippen MR) is 101 cm³/mol. The van der Waals surface area contributed by atoms with Gasteiger partial charge in [0.15, 0.2) is 0 Å². The van der Waals surface area contributed by atoms with Gasteiger partial charge in [0.1, 0.15) is 11.5 Å². The number of amides is 1. The highest BCUT2D eigenvalue weighted by molar-refractivity contribution is 5.83. The summed E-state index contributed by atoms with van der Waals surface area (Å²) in [6, 6.07) is 17.3. The molecular weight excluding hydrogens is 328 g/mol. The summed E-state index contributed by atoms with van der Waals surface area (Å²) in [5.41, 5.74) is 6.43. The molecule has 1 amide bonds. The van der Waals surface area contributed by atoms with Gasteiger partial charge in [-0.05, 0) is 49.6 Å². The lowest BCUT2D eigenvalue weighted by Gasteiger charge is -2.35. The molecule has 0 spiro atoms. The quantitative estimate of drug-likeness (QED) is 0.834. The Bertz CT molecular complexity index is 710. The van der Waals surface area contributed by atoms with Crippen LogP contribution in [-0.2, 0) is 9.53 Å². The van der Waals surface area contributed by atoms with Crippen molar-refractivity contribution >= 4 is 5.91 Å². The van der Waals surface area contributed by atoms with Gasteiger partial charge in [-0.3, -0.25) is 4.79 Å². The van der Waals surface area contributed by atoms with Crippen molar-refractivity contribution in [3.05, 3.63) is 60.2 Å². The van der Waals surface area contributed by atoms with E-state index in [1.807, 2.05) is 61.5 Å². The number of benzene rings is 2. The van der Waals surface area contributed by atoms with Crippen LogP contribution in [0.2, 0.25) is 0 Å². The second kappa shape index (κ2) is 8.34. The minimum Gasteiger partial charge on any atom is -0.457 e. The van der Waals surface area contributed by atoms with E-state index in [0.717, 1.165) is 17.1 Å². The van der Waals surface area contributed by atoms with Gasteiger partial charge in [0.25, 0.3) is 0 Å². The summed E-state index contributed by atoms with van der Waals surface area (Å²) in [5.74, 6) is 1.58. The number of hydrogen-bond donors (Lipinski definition) is 2. The number of ether oxygens (including phenoxy) is 2. The topological polar surface area (TPSA) is 73.6 Å². The van der Waals surface area contributed by atoms with E-state index < -0.39 is 5.41 Å². The number of nitrogens with one attached hydrogen (secondary N) is 1. The van der Waals surface area contributed by atoms with Crippen LogP contribution in [0.3, 0.4) is 0 Å². The SMILES string of the molecule is CC(NC(=O)C1(CN)CCOCC1)c1ccc(Oc2ccccc2)cc1. The fourth-order valence-electron chi connectivity index (χ4n) is 3.17. The molecule has 3 rings (SSSR count). The second-order valence-electron chi connectivity index (χ2n) is 6.78. The van der Waals surface area contributed by atoms with Crippen LogP contribution in [0.25, 0.3) is 0 Å². The van der Waals surface area contributed by atoms with Gasteiger partial charge in [0.05, 0.1) is 11.5 Å². The molecule has 26 heavy (non-hydrogen) atoms. The normalized spacial score (nSPS) is 17.3. The van der Waals surface area contributed by atoms with Crippen LogP contribution in [0.4, 0.5) is 0 Å². The van der Waals surface area contributed by atoms with Crippen LogP contribution >= 0.6 is 0 Å². The van der Waals surface area contributed by atoms with E-state index in [4.69, 9.17) is 15.2 Å². The zero-order valence-electron chi connectivity index (χ0n) is 15.1. The van der Waals surface area contributed by atoms with E-state index in [0.29, 0.717) is 32.6 Å². The maximum atomic E-state index is 12.8. The van der Waals surface area contributed by atoms with E-state index in [-0.39, 0.29) is 11.9 Å². The molecule has 1 heterocycles. The average Bonchev–Trinajstić information content (AvgIpc) is 2.69. The summed E-state index contributed by atoms with van der Waals surface area (Å²) in [6.07, 6.45) is 1.35. The molecule has 5 nitrogen and oxygen atoms in total. The number of carbonyl (C=O) groups is 1. The predicted octanol–water partition coefficient (Wildman–Crippen LogP) is 3.41. The van der Waals surface area contributed by atoms with Crippen molar-refractivity contribution in [2.45, 2.75) is 25.8 Å². The fourth-order valence-corrected chi connectivity index (χ4v) is 3.17. The van der Waals surface area contributed by atoms with Crippen molar-refractivity contribution in [2.24, 2.45) is 11.1 Å². The van der Waals surface area contributed by atoms with E-state index >= 15 is 0 Å². The molecule has 0 bridgehead atoms. The molecule has 0 aliphatic carbocycles. The van der Waals surface area contributed by atoms with E-state index in [2.05, 4.69) is 5.32 Å². The molecule has 1 aliphatic rings. The lowest BCUT2D eigenvalue weighted by atomic mass is 9.79. The van der Waals surface area contributed by atoms with Crippen molar-refractivity contribution in [3.8, 4) is 11.5 Å². The summed E-state index contributed by atoms with van der Waals surface area (Å²) >= 11 is 0. The Morgan fingerprint density at radius 2 is 1.73 bits per heavy atom. The molecule has 3 N–H and O–H groups in total. The van der Waals surface area contributed by atoms with Crippen LogP contribution in [0.5, 0.6) is 11.5 Å². The second-order valence-corrected chi connectivity index (χ2v) is 6.78. The van der Waals surface area contributed by atoms with Gasteiger partial charge < -0.3 is 20.5 Å². The summed E-state index contributed by atoms with van der Waals surface area (Å²) in [5, 5.41) is 3.11. The van der Waals surface area contributed by atoms with Gasteiger partial charge in [-0.15, -0.1) is 0 Å². The van der Waals surface area contributed by atoms with Crippen molar-refractivity contribution in [2.75, 3.05) is 19.8 Å². The average molecular weight is 354 g/mol. The van der Waals surface area contributed by atoms with Gasteiger partial charge in [0, 0.05) is 19.8 Å². The molecule has 2 aromatic carbocycles. The Kier molecular flexibility index (Phi) is 5.91. The largest absolute Gasteiger partial charge is 0.457 e. The van der Waals surface area contributed by atoms with E-state index in [1.54, 1.807) is 0 Å². The van der Waals surface area contributed by atoms with E-state index in [9.17, 15) is 4.79 Å². The Morgan fingerprint density at radius 3 is 2.35 bits per heavy atom. The zero-order valence-corrected chi connectivity index (χ0v) is 15.1. The van der Waals surface area contributed by atoms with Gasteiger partial charge in [-0.2, -0.15) is 0 Å². The molecule has 5 heteroatoms. The highest BCUT2D eigenvalue weighted by Crippen LogP contribution is 2.31. The summed E-state index contributed by atoms with van der Waals surface area (Å²) < 4.78 is 11.2. The van der Waals surface area contributed by atoms with Crippen LogP contribution < -0.4 is 15.8 Å². The highest BCUT2D eigenvalue weighted by Gasteiger charge is 2.39. The number of carbonyl (C=O) groups excluding carboxylic acids is 1. The molecule has 0 saturated carbocycles. The maximum Gasteiger partial charge on any atom is 0.228 e. The van der Waals surface area contributed by atoms with Gasteiger partial charge >= 0.3 is 0 Å². The first kappa shape index (κ1) is 18.4. The molecule has 1 atom stereocenters. The van der Waals surface area contributed by atoms with Gasteiger partial charge in [0.2, 0.25) is 5.91 Å². The third kappa shape index (κ3) is 4.23. The molecule has 2 aromatic rings. The maximum absolute atomic E-state index is 12.8. The molecular formula is C21H26N2O3. The first-order valence-corrected chi connectivity index (χ1v) is 9.05. The summed E-state index contributed by atoms with van der Waals surface area (Å²) in [6.45, 7) is 3.50. The smallest absolute Gasteiger partial charge is 0.228 e. The minimum absolute atomic E-state index is 0.0143. The van der Waals surface area contributed by atoms with Gasteiger partial charge in [-0.1, -0.05) is 30.3 Å². The van der Waals surface area contributed by atoms with Crippen LogP contribution in [0.1, 0.15) is 31.4 Å². The number of rotatable bonds is 6. The number of hydrogen-bond acceptors (Lipinski definition) is 4. The number of nitrogens with two attached hydrogens (primary N) is 1. The zero-order chi connectivity index (χ0) is 18.4. The molecule has 1 saturated heterocycles. The monoisotopic (exact) mass is 354 g/mol. The van der Waals surface area contributed by atoms with Crippen molar-refractivity contribution in [1.82, 2.24) is 5.32 Å². The minimum atomic E-state index is -0.511. The Balaban J connectivity index is 1.62. The fraction of sp³-hybridized carbons (Fsp3) is 0.381. The molecule has 0 radical (unpaired) electrons. The Hall–Kier alpha value is -2.37. The van der Waals surface area contributed by atoms with Crippen molar-refractivity contribution < 1.29 is 14.3 Å². The highest BCUT2D eigenvalue weighted by atomic mass is 16.5. The molecule has 0 aromatic heterocycles. The molecule has 1 aliphatic heterocycles. The summed E-state index contributed by atoms with van der Waals surface area (Å²) in [7, 11) is 0. The Labute approximate surface area is 154 Å². The third-order valence-corrected chi connectivity index (χ3v) is 5.03. The summed E-state index contributed by atoms with van der Waals surface area (Å²) in [4.78, 5) is 12.8. The first-order valence-electron chi connectivity index (χ1n) is 9.05. The number of para-hydroxylation sites is 1.